The molecule has 0 aliphatic rings. The first-order valence-corrected chi connectivity index (χ1v) is 10.8. The van der Waals surface area contributed by atoms with Gasteiger partial charge in [-0.2, -0.15) is 0 Å². The van der Waals surface area contributed by atoms with Crippen molar-refractivity contribution in [1.82, 2.24) is 14.1 Å². The predicted molar refractivity (Wildman–Crippen MR) is 127 cm³/mol. The minimum atomic E-state index is -0.728. The number of para-hydroxylation sites is 1. The van der Waals surface area contributed by atoms with Gasteiger partial charge in [0.05, 0.1) is 29.9 Å². The summed E-state index contributed by atoms with van der Waals surface area (Å²) in [7, 11) is 0. The Kier molecular flexibility index (Phi) is 6.81. The first kappa shape index (κ1) is 23.6. The van der Waals surface area contributed by atoms with Crippen LogP contribution in [0.1, 0.15) is 22.8 Å². The highest BCUT2D eigenvalue weighted by Gasteiger charge is 2.18. The number of halogens is 1. The van der Waals surface area contributed by atoms with Gasteiger partial charge in [-0.3, -0.25) is 18.7 Å². The van der Waals surface area contributed by atoms with Gasteiger partial charge in [0, 0.05) is 6.20 Å². The molecule has 0 atom stereocenters. The zero-order valence-electron chi connectivity index (χ0n) is 18.7. The fourth-order valence-corrected chi connectivity index (χ4v) is 3.62. The molecule has 4 aromatic rings. The molecule has 9 nitrogen and oxygen atoms in total. The number of hydrogen-bond acceptors (Lipinski definition) is 6. The summed E-state index contributed by atoms with van der Waals surface area (Å²) in [6.07, 6.45) is 1.41. The van der Waals surface area contributed by atoms with Gasteiger partial charge in [-0.05, 0) is 48.9 Å². The highest BCUT2D eigenvalue weighted by molar-refractivity contribution is 6.01. The van der Waals surface area contributed by atoms with Gasteiger partial charge in [0.15, 0.2) is 5.52 Å². The number of fused-ring (bicyclic) bond motifs is 1. The second-order valence-electron chi connectivity index (χ2n) is 7.57. The third kappa shape index (κ3) is 5.01. The Hall–Kier alpha value is -4.60. The van der Waals surface area contributed by atoms with Crippen LogP contribution in [0.5, 0.6) is 0 Å². The van der Waals surface area contributed by atoms with Crippen LogP contribution in [0.25, 0.3) is 11.0 Å². The molecule has 0 saturated heterocycles. The second kappa shape index (κ2) is 10.1. The summed E-state index contributed by atoms with van der Waals surface area (Å²) in [6.45, 7) is 1.27. The van der Waals surface area contributed by atoms with Crippen molar-refractivity contribution in [3.63, 3.8) is 0 Å². The monoisotopic (exact) mass is 476 g/mol. The van der Waals surface area contributed by atoms with Crippen molar-refractivity contribution < 1.29 is 18.7 Å². The van der Waals surface area contributed by atoms with E-state index in [1.54, 1.807) is 31.2 Å². The van der Waals surface area contributed by atoms with Crippen molar-refractivity contribution >= 4 is 28.6 Å². The average Bonchev–Trinajstić information content (AvgIpc) is 2.86. The van der Waals surface area contributed by atoms with E-state index in [2.05, 4.69) is 10.3 Å². The van der Waals surface area contributed by atoms with Crippen molar-refractivity contribution in [1.29, 1.82) is 0 Å². The van der Waals surface area contributed by atoms with Gasteiger partial charge in [-0.15, -0.1) is 0 Å². The fraction of sp³-hybridized carbons (Fsp3) is 0.160. The van der Waals surface area contributed by atoms with Crippen LogP contribution in [0.4, 0.5) is 10.1 Å². The Morgan fingerprint density at radius 3 is 2.49 bits per heavy atom. The standard InChI is InChI=1S/C25H21FN4O5/c1-2-35-24(33)18-6-3-4-7-19(18)28-21(31)15-29-20-8-5-13-27-22(20)23(32)30(25(29)34)14-16-9-11-17(26)12-10-16/h3-13H,2,14-15H2,1H3,(H,28,31). The molecule has 0 unspecified atom stereocenters. The number of esters is 1. The van der Waals surface area contributed by atoms with Crippen LogP contribution in [-0.2, 0) is 22.6 Å². The third-order valence-corrected chi connectivity index (χ3v) is 5.24. The second-order valence-corrected chi connectivity index (χ2v) is 7.57. The Morgan fingerprint density at radius 2 is 1.74 bits per heavy atom. The molecule has 2 aromatic carbocycles. The maximum absolute atomic E-state index is 13.3. The van der Waals surface area contributed by atoms with E-state index < -0.39 is 35.5 Å². The number of benzene rings is 2. The van der Waals surface area contributed by atoms with Crippen LogP contribution >= 0.6 is 0 Å². The van der Waals surface area contributed by atoms with E-state index in [9.17, 15) is 23.6 Å². The van der Waals surface area contributed by atoms with E-state index in [0.717, 1.165) is 9.13 Å². The minimum Gasteiger partial charge on any atom is -0.462 e. The number of hydrogen-bond donors (Lipinski definition) is 1. The van der Waals surface area contributed by atoms with Crippen LogP contribution in [-0.4, -0.2) is 32.6 Å². The summed E-state index contributed by atoms with van der Waals surface area (Å²) in [4.78, 5) is 55.5. The molecule has 1 amide bonds. The van der Waals surface area contributed by atoms with Gasteiger partial charge >= 0.3 is 11.7 Å². The molecular weight excluding hydrogens is 455 g/mol. The number of anilines is 1. The van der Waals surface area contributed by atoms with Gasteiger partial charge in [0.2, 0.25) is 5.91 Å². The quantitative estimate of drug-likeness (QED) is 0.411. The molecule has 35 heavy (non-hydrogen) atoms. The molecule has 1 N–H and O–H groups in total. The van der Waals surface area contributed by atoms with E-state index in [0.29, 0.717) is 5.56 Å². The van der Waals surface area contributed by atoms with Crippen molar-refractivity contribution in [3.8, 4) is 0 Å². The fourth-order valence-electron chi connectivity index (χ4n) is 3.62. The highest BCUT2D eigenvalue weighted by atomic mass is 19.1. The molecule has 178 valence electrons. The lowest BCUT2D eigenvalue weighted by Crippen LogP contribution is -2.42. The first-order chi connectivity index (χ1) is 16.9. The van der Waals surface area contributed by atoms with E-state index >= 15 is 0 Å². The smallest absolute Gasteiger partial charge is 0.340 e. The molecule has 0 saturated carbocycles. The van der Waals surface area contributed by atoms with Crippen LogP contribution in [0.15, 0.2) is 76.4 Å². The first-order valence-electron chi connectivity index (χ1n) is 10.8. The molecule has 4 rings (SSSR count). The molecule has 2 aromatic heterocycles. The highest BCUT2D eigenvalue weighted by Crippen LogP contribution is 2.16. The summed E-state index contributed by atoms with van der Waals surface area (Å²) in [5, 5.41) is 2.63. The number of nitrogens with one attached hydrogen (secondary N) is 1. The molecule has 0 fully saturated rings. The van der Waals surface area contributed by atoms with E-state index in [4.69, 9.17) is 4.74 Å². The zero-order chi connectivity index (χ0) is 24.9. The number of amides is 1. The summed E-state index contributed by atoms with van der Waals surface area (Å²) in [5.41, 5.74) is -0.234. The van der Waals surface area contributed by atoms with Crippen LogP contribution in [0.2, 0.25) is 0 Å². The normalized spacial score (nSPS) is 10.8. The van der Waals surface area contributed by atoms with Crippen molar-refractivity contribution in [2.75, 3.05) is 11.9 Å². The largest absolute Gasteiger partial charge is 0.462 e. The number of aromatic nitrogens is 3. The van der Waals surface area contributed by atoms with E-state index in [1.807, 2.05) is 0 Å². The lowest BCUT2D eigenvalue weighted by Gasteiger charge is -2.15. The topological polar surface area (TPSA) is 112 Å². The summed E-state index contributed by atoms with van der Waals surface area (Å²) >= 11 is 0. The van der Waals surface area contributed by atoms with Gasteiger partial charge in [0.1, 0.15) is 12.4 Å². The van der Waals surface area contributed by atoms with Crippen LogP contribution < -0.4 is 16.6 Å². The molecule has 0 spiro atoms. The Balaban J connectivity index is 1.71. The van der Waals surface area contributed by atoms with Gasteiger partial charge in [-0.25, -0.2) is 19.0 Å². The zero-order valence-corrected chi connectivity index (χ0v) is 18.7. The molecule has 2 heterocycles. The number of pyridine rings is 1. The number of carbonyl (C=O) groups is 2. The molecule has 10 heteroatoms. The molecular formula is C25H21FN4O5. The van der Waals surface area contributed by atoms with Gasteiger partial charge in [-0.1, -0.05) is 24.3 Å². The van der Waals surface area contributed by atoms with Crippen molar-refractivity contribution in [3.05, 3.63) is 105 Å². The average molecular weight is 476 g/mol. The van der Waals surface area contributed by atoms with Crippen LogP contribution in [0, 0.1) is 5.82 Å². The van der Waals surface area contributed by atoms with Crippen molar-refractivity contribution in [2.45, 2.75) is 20.0 Å². The maximum Gasteiger partial charge on any atom is 0.340 e. The Morgan fingerprint density at radius 1 is 1.00 bits per heavy atom. The maximum atomic E-state index is 13.3. The van der Waals surface area contributed by atoms with Crippen LogP contribution in [0.3, 0.4) is 0 Å². The molecule has 0 aliphatic heterocycles. The molecule has 0 radical (unpaired) electrons. The number of ether oxygens (including phenoxy) is 1. The Bertz CT molecular complexity index is 1530. The lowest BCUT2D eigenvalue weighted by atomic mass is 10.2. The molecule has 0 aliphatic carbocycles. The summed E-state index contributed by atoms with van der Waals surface area (Å²) in [5.74, 6) is -1.64. The van der Waals surface area contributed by atoms with Gasteiger partial charge < -0.3 is 10.1 Å². The minimum absolute atomic E-state index is 0.00827. The predicted octanol–water partition coefficient (Wildman–Crippen LogP) is 2.56. The molecule has 0 bridgehead atoms. The van der Waals surface area contributed by atoms with E-state index in [-0.39, 0.29) is 35.4 Å². The summed E-state index contributed by atoms with van der Waals surface area (Å²) in [6, 6.07) is 14.8. The lowest BCUT2D eigenvalue weighted by molar-refractivity contribution is -0.116. The SMILES string of the molecule is CCOC(=O)c1ccccc1NC(=O)Cn1c(=O)n(Cc2ccc(F)cc2)c(=O)c2ncccc21. The Labute approximate surface area is 198 Å². The summed E-state index contributed by atoms with van der Waals surface area (Å²) < 4.78 is 20.4. The van der Waals surface area contributed by atoms with Gasteiger partial charge in [0.25, 0.3) is 5.56 Å². The number of nitrogens with zero attached hydrogens (tertiary/aromatic N) is 3. The third-order valence-electron chi connectivity index (χ3n) is 5.24. The number of rotatable bonds is 7. The van der Waals surface area contributed by atoms with E-state index in [1.165, 1.54) is 42.6 Å². The number of carbonyl (C=O) groups excluding carboxylic acids is 2. The van der Waals surface area contributed by atoms with Crippen molar-refractivity contribution in [2.24, 2.45) is 0 Å².